The lowest BCUT2D eigenvalue weighted by molar-refractivity contribution is 0.168. The maximum absolute atomic E-state index is 12.6. The van der Waals surface area contributed by atoms with Crippen LogP contribution in [0.25, 0.3) is 0 Å². The molecule has 0 aliphatic rings. The minimum absolute atomic E-state index is 0.0562. The van der Waals surface area contributed by atoms with Gasteiger partial charge in [-0.25, -0.2) is 8.42 Å². The van der Waals surface area contributed by atoms with Crippen molar-refractivity contribution in [1.29, 1.82) is 0 Å². The highest BCUT2D eigenvalue weighted by molar-refractivity contribution is 7.89. The van der Waals surface area contributed by atoms with Crippen LogP contribution in [0.4, 0.5) is 0 Å². The van der Waals surface area contributed by atoms with Crippen molar-refractivity contribution in [3.05, 3.63) is 28.8 Å². The minimum atomic E-state index is -3.88. The summed E-state index contributed by atoms with van der Waals surface area (Å²) in [5, 5.41) is 9.10. The van der Waals surface area contributed by atoms with Crippen LogP contribution < -0.4 is 5.73 Å². The maximum atomic E-state index is 12.6. The number of sulfonamides is 1. The van der Waals surface area contributed by atoms with E-state index < -0.39 is 10.0 Å². The standard InChI is InChI=1S/C12H17ClN2O4S2/c1-19-7-5-15(4-6-16)21(17,18)11-8-9(12(14)20)2-3-10(11)13/h2-3,8,16H,4-7H2,1H3,(H2,14,20). The molecule has 0 saturated carbocycles. The Kier molecular flexibility index (Phi) is 6.98. The molecule has 0 spiro atoms. The van der Waals surface area contributed by atoms with Gasteiger partial charge in [-0.1, -0.05) is 29.9 Å². The van der Waals surface area contributed by atoms with Gasteiger partial charge in [0.05, 0.1) is 18.2 Å². The first-order chi connectivity index (χ1) is 9.84. The fourth-order valence-corrected chi connectivity index (χ4v) is 3.69. The number of nitrogens with zero attached hydrogens (tertiary/aromatic N) is 1. The van der Waals surface area contributed by atoms with E-state index in [-0.39, 0.29) is 41.2 Å². The van der Waals surface area contributed by atoms with Crippen LogP contribution in [0.15, 0.2) is 23.1 Å². The fraction of sp³-hybridized carbons (Fsp3) is 0.417. The third-order valence-corrected chi connectivity index (χ3v) is 5.34. The molecule has 0 aliphatic carbocycles. The van der Waals surface area contributed by atoms with Crippen LogP contribution in [-0.2, 0) is 14.8 Å². The number of aliphatic hydroxyl groups excluding tert-OH is 1. The lowest BCUT2D eigenvalue weighted by atomic mass is 10.2. The number of aliphatic hydroxyl groups is 1. The summed E-state index contributed by atoms with van der Waals surface area (Å²) in [6.07, 6.45) is 0. The Morgan fingerprint density at radius 3 is 2.67 bits per heavy atom. The van der Waals surface area contributed by atoms with E-state index in [1.165, 1.54) is 19.2 Å². The third kappa shape index (κ3) is 4.60. The van der Waals surface area contributed by atoms with Crippen LogP contribution in [0, 0.1) is 0 Å². The molecule has 118 valence electrons. The topological polar surface area (TPSA) is 92.9 Å². The quantitative estimate of drug-likeness (QED) is 0.666. The van der Waals surface area contributed by atoms with Gasteiger partial charge in [0.2, 0.25) is 10.0 Å². The summed E-state index contributed by atoms with van der Waals surface area (Å²) in [5.74, 6) is 0. The van der Waals surface area contributed by atoms with Gasteiger partial charge in [-0.2, -0.15) is 4.31 Å². The highest BCUT2D eigenvalue weighted by Gasteiger charge is 2.26. The summed E-state index contributed by atoms with van der Waals surface area (Å²) >= 11 is 10.8. The summed E-state index contributed by atoms with van der Waals surface area (Å²) in [6.45, 7) is -0.0618. The molecule has 6 nitrogen and oxygen atoms in total. The van der Waals surface area contributed by atoms with Crippen molar-refractivity contribution in [2.45, 2.75) is 4.90 Å². The number of benzene rings is 1. The Morgan fingerprint density at radius 2 is 2.14 bits per heavy atom. The molecule has 9 heteroatoms. The van der Waals surface area contributed by atoms with E-state index in [2.05, 4.69) is 0 Å². The number of thiocarbonyl (C=S) groups is 1. The second-order valence-corrected chi connectivity index (χ2v) is 6.88. The van der Waals surface area contributed by atoms with Gasteiger partial charge in [0.15, 0.2) is 0 Å². The Morgan fingerprint density at radius 1 is 1.48 bits per heavy atom. The molecule has 0 aromatic heterocycles. The molecule has 1 rings (SSSR count). The van der Waals surface area contributed by atoms with Gasteiger partial charge < -0.3 is 15.6 Å². The van der Waals surface area contributed by atoms with Gasteiger partial charge in [-0.05, 0) is 12.1 Å². The van der Waals surface area contributed by atoms with Crippen LogP contribution in [0.1, 0.15) is 5.56 Å². The molecular weight excluding hydrogens is 336 g/mol. The van der Waals surface area contributed by atoms with Gasteiger partial charge in [-0.3, -0.25) is 0 Å². The van der Waals surface area contributed by atoms with Crippen molar-refractivity contribution in [3.63, 3.8) is 0 Å². The van der Waals surface area contributed by atoms with E-state index in [4.69, 9.17) is 39.4 Å². The number of halogens is 1. The fourth-order valence-electron chi connectivity index (χ4n) is 1.65. The van der Waals surface area contributed by atoms with Crippen LogP contribution in [0.2, 0.25) is 5.02 Å². The van der Waals surface area contributed by atoms with Crippen molar-refractivity contribution >= 4 is 38.8 Å². The van der Waals surface area contributed by atoms with E-state index in [1.54, 1.807) is 6.07 Å². The van der Waals surface area contributed by atoms with Gasteiger partial charge in [0.25, 0.3) is 0 Å². The van der Waals surface area contributed by atoms with Crippen LogP contribution >= 0.6 is 23.8 Å². The molecule has 0 radical (unpaired) electrons. The highest BCUT2D eigenvalue weighted by atomic mass is 35.5. The molecule has 0 atom stereocenters. The van der Waals surface area contributed by atoms with Crippen molar-refractivity contribution in [2.24, 2.45) is 5.73 Å². The smallest absolute Gasteiger partial charge is 0.244 e. The summed E-state index contributed by atoms with van der Waals surface area (Å²) < 4.78 is 31.2. The molecule has 0 bridgehead atoms. The van der Waals surface area contributed by atoms with Crippen LogP contribution in [0.5, 0.6) is 0 Å². The molecule has 0 heterocycles. The molecular formula is C12H17ClN2O4S2. The zero-order valence-electron chi connectivity index (χ0n) is 11.5. The van der Waals surface area contributed by atoms with Crippen LogP contribution in [-0.4, -0.2) is 56.2 Å². The van der Waals surface area contributed by atoms with Crippen molar-refractivity contribution in [2.75, 3.05) is 33.4 Å². The largest absolute Gasteiger partial charge is 0.395 e. The summed E-state index contributed by atoms with van der Waals surface area (Å²) in [6, 6.07) is 4.31. The molecule has 0 aliphatic heterocycles. The monoisotopic (exact) mass is 352 g/mol. The average Bonchev–Trinajstić information content (AvgIpc) is 2.43. The normalized spacial score (nSPS) is 11.8. The van der Waals surface area contributed by atoms with E-state index in [0.29, 0.717) is 5.56 Å². The molecule has 3 N–H and O–H groups in total. The van der Waals surface area contributed by atoms with E-state index in [1.807, 2.05) is 0 Å². The first kappa shape index (κ1) is 18.3. The second-order valence-electron chi connectivity index (χ2n) is 4.13. The van der Waals surface area contributed by atoms with Crippen molar-refractivity contribution in [3.8, 4) is 0 Å². The molecule has 0 unspecified atom stereocenters. The number of hydrogen-bond acceptors (Lipinski definition) is 5. The summed E-state index contributed by atoms with van der Waals surface area (Å²) in [4.78, 5) is -0.0206. The number of ether oxygens (including phenoxy) is 1. The van der Waals surface area contributed by atoms with Gasteiger partial charge in [0, 0.05) is 25.8 Å². The summed E-state index contributed by atoms with van der Waals surface area (Å²) in [5.41, 5.74) is 5.92. The van der Waals surface area contributed by atoms with E-state index in [0.717, 1.165) is 4.31 Å². The predicted molar refractivity (Wildman–Crippen MR) is 85.1 cm³/mol. The SMILES string of the molecule is COCCN(CCO)S(=O)(=O)c1cc(C(N)=S)ccc1Cl. The van der Waals surface area contributed by atoms with E-state index in [9.17, 15) is 8.42 Å². The molecule has 21 heavy (non-hydrogen) atoms. The van der Waals surface area contributed by atoms with Crippen molar-refractivity contribution in [1.82, 2.24) is 4.31 Å². The third-order valence-electron chi connectivity index (χ3n) is 2.73. The Bertz CT molecular complexity index is 607. The molecule has 0 fully saturated rings. The first-order valence-corrected chi connectivity index (χ1v) is 8.26. The number of methoxy groups -OCH3 is 1. The molecule has 1 aromatic carbocycles. The van der Waals surface area contributed by atoms with Gasteiger partial charge in [-0.15, -0.1) is 0 Å². The number of rotatable bonds is 8. The van der Waals surface area contributed by atoms with Crippen molar-refractivity contribution < 1.29 is 18.3 Å². The zero-order valence-corrected chi connectivity index (χ0v) is 13.8. The number of nitrogens with two attached hydrogens (primary N) is 1. The van der Waals surface area contributed by atoms with Gasteiger partial charge in [0.1, 0.15) is 9.88 Å². The van der Waals surface area contributed by atoms with Gasteiger partial charge >= 0.3 is 0 Å². The predicted octanol–water partition coefficient (Wildman–Crippen LogP) is 0.604. The first-order valence-electron chi connectivity index (χ1n) is 6.04. The highest BCUT2D eigenvalue weighted by Crippen LogP contribution is 2.25. The average molecular weight is 353 g/mol. The van der Waals surface area contributed by atoms with Crippen LogP contribution in [0.3, 0.4) is 0 Å². The second kappa shape index (κ2) is 8.02. The zero-order chi connectivity index (χ0) is 16.0. The van der Waals surface area contributed by atoms with E-state index >= 15 is 0 Å². The Hall–Kier alpha value is -0.770. The number of hydrogen-bond donors (Lipinski definition) is 2. The lowest BCUT2D eigenvalue weighted by Gasteiger charge is -2.21. The minimum Gasteiger partial charge on any atom is -0.395 e. The summed E-state index contributed by atoms with van der Waals surface area (Å²) in [7, 11) is -2.41. The Labute approximate surface area is 134 Å². The maximum Gasteiger partial charge on any atom is 0.244 e. The molecule has 1 aromatic rings. The lowest BCUT2D eigenvalue weighted by Crippen LogP contribution is -2.36. The molecule has 0 amide bonds. The molecule has 0 saturated heterocycles. The Balaban J connectivity index is 3.26.